The maximum absolute atomic E-state index is 12.9. The van der Waals surface area contributed by atoms with Crippen molar-refractivity contribution in [3.8, 4) is 0 Å². The van der Waals surface area contributed by atoms with Gasteiger partial charge < -0.3 is 5.73 Å². The molecule has 1 fully saturated rings. The Bertz CT molecular complexity index is 602. The summed E-state index contributed by atoms with van der Waals surface area (Å²) >= 11 is 6.17. The Hall–Kier alpha value is -0.620. The topological polar surface area (TPSA) is 63.4 Å². The minimum absolute atomic E-state index is 0.244. The number of aryl methyl sites for hydroxylation is 1. The summed E-state index contributed by atoms with van der Waals surface area (Å²) in [5.74, 6) is 0.353. The number of nitrogens with zero attached hydrogens (tertiary/aromatic N) is 1. The van der Waals surface area contributed by atoms with Crippen molar-refractivity contribution in [3.63, 3.8) is 0 Å². The Balaban J connectivity index is 2.27. The van der Waals surface area contributed by atoms with Crippen LogP contribution in [-0.4, -0.2) is 32.4 Å². The van der Waals surface area contributed by atoms with E-state index in [4.69, 9.17) is 17.3 Å². The van der Waals surface area contributed by atoms with E-state index in [1.807, 2.05) is 6.07 Å². The van der Waals surface area contributed by atoms with Crippen molar-refractivity contribution in [1.29, 1.82) is 0 Å². The van der Waals surface area contributed by atoms with Gasteiger partial charge in [0.1, 0.15) is 4.90 Å². The molecule has 6 heteroatoms. The first kappa shape index (κ1) is 17.7. The molecule has 2 N–H and O–H groups in total. The van der Waals surface area contributed by atoms with E-state index in [9.17, 15) is 8.42 Å². The van der Waals surface area contributed by atoms with E-state index in [1.165, 1.54) is 0 Å². The van der Waals surface area contributed by atoms with E-state index in [0.717, 1.165) is 37.7 Å². The lowest BCUT2D eigenvalue weighted by atomic mass is 9.96. The summed E-state index contributed by atoms with van der Waals surface area (Å²) in [6, 6.07) is 5.33. The first-order valence-electron chi connectivity index (χ1n) is 7.97. The highest BCUT2D eigenvalue weighted by molar-refractivity contribution is 7.89. The highest BCUT2D eigenvalue weighted by Crippen LogP contribution is 2.30. The molecular formula is C16H25ClN2O2S. The van der Waals surface area contributed by atoms with Crippen molar-refractivity contribution in [3.05, 3.63) is 28.8 Å². The van der Waals surface area contributed by atoms with E-state index in [1.54, 1.807) is 16.4 Å². The van der Waals surface area contributed by atoms with Gasteiger partial charge in [0.15, 0.2) is 0 Å². The number of nitrogens with two attached hydrogens (primary N) is 1. The van der Waals surface area contributed by atoms with Crippen LogP contribution in [0.4, 0.5) is 0 Å². The van der Waals surface area contributed by atoms with E-state index in [-0.39, 0.29) is 4.90 Å². The van der Waals surface area contributed by atoms with Gasteiger partial charge in [-0.05, 0) is 55.8 Å². The second-order valence-electron chi connectivity index (χ2n) is 5.96. The van der Waals surface area contributed by atoms with Crippen LogP contribution in [0, 0.1) is 5.92 Å². The average Bonchev–Trinajstić information content (AvgIpc) is 2.50. The van der Waals surface area contributed by atoms with Crippen molar-refractivity contribution in [2.75, 3.05) is 19.6 Å². The lowest BCUT2D eigenvalue weighted by molar-refractivity contribution is 0.258. The number of sulfonamides is 1. The standard InChI is InChI=1S/C16H25ClN2O2S/c1-2-4-13-6-7-15(17)16(11-13)22(20,21)19-10-3-5-14(12-19)8-9-18/h6-7,11,14H,2-5,8-10,12,18H2,1H3. The predicted molar refractivity (Wildman–Crippen MR) is 90.6 cm³/mol. The number of hydrogen-bond acceptors (Lipinski definition) is 3. The summed E-state index contributed by atoms with van der Waals surface area (Å²) in [5.41, 5.74) is 6.63. The SMILES string of the molecule is CCCc1ccc(Cl)c(S(=O)(=O)N2CCCC(CCN)C2)c1. The lowest BCUT2D eigenvalue weighted by Crippen LogP contribution is -2.40. The van der Waals surface area contributed by atoms with Crippen molar-refractivity contribution >= 4 is 21.6 Å². The molecule has 22 heavy (non-hydrogen) atoms. The molecule has 0 bridgehead atoms. The molecule has 0 saturated carbocycles. The minimum atomic E-state index is -3.52. The Morgan fingerprint density at radius 3 is 2.86 bits per heavy atom. The molecule has 0 aliphatic carbocycles. The second-order valence-corrected chi connectivity index (χ2v) is 8.28. The molecule has 124 valence electrons. The molecule has 1 heterocycles. The Morgan fingerprint density at radius 1 is 1.41 bits per heavy atom. The van der Waals surface area contributed by atoms with Crippen molar-refractivity contribution < 1.29 is 8.42 Å². The van der Waals surface area contributed by atoms with Gasteiger partial charge in [0.05, 0.1) is 5.02 Å². The van der Waals surface area contributed by atoms with Crippen LogP contribution in [0.5, 0.6) is 0 Å². The molecule has 1 aliphatic rings. The number of rotatable bonds is 6. The maximum Gasteiger partial charge on any atom is 0.244 e. The van der Waals surface area contributed by atoms with Gasteiger partial charge in [-0.15, -0.1) is 0 Å². The fourth-order valence-corrected chi connectivity index (χ4v) is 5.12. The van der Waals surface area contributed by atoms with E-state index in [0.29, 0.717) is 30.6 Å². The van der Waals surface area contributed by atoms with Gasteiger partial charge in [-0.3, -0.25) is 0 Å². The van der Waals surface area contributed by atoms with Gasteiger partial charge in [0.25, 0.3) is 0 Å². The zero-order valence-corrected chi connectivity index (χ0v) is 14.7. The Kier molecular flexibility index (Phi) is 6.26. The summed E-state index contributed by atoms with van der Waals surface area (Å²) in [7, 11) is -3.52. The summed E-state index contributed by atoms with van der Waals surface area (Å²) < 4.78 is 27.4. The van der Waals surface area contributed by atoms with E-state index in [2.05, 4.69) is 6.92 Å². The van der Waals surface area contributed by atoms with Crippen LogP contribution in [0.1, 0.15) is 38.2 Å². The molecule has 1 unspecified atom stereocenters. The molecule has 0 spiro atoms. The van der Waals surface area contributed by atoms with Gasteiger partial charge in [-0.25, -0.2) is 8.42 Å². The zero-order chi connectivity index (χ0) is 16.2. The molecule has 4 nitrogen and oxygen atoms in total. The second kappa shape index (κ2) is 7.77. The van der Waals surface area contributed by atoms with Gasteiger partial charge in [-0.2, -0.15) is 4.31 Å². The van der Waals surface area contributed by atoms with Gasteiger partial charge >= 0.3 is 0 Å². The summed E-state index contributed by atoms with van der Waals surface area (Å²) in [5, 5.41) is 0.306. The molecular weight excluding hydrogens is 320 g/mol. The monoisotopic (exact) mass is 344 g/mol. The first-order chi connectivity index (χ1) is 10.5. The number of benzene rings is 1. The Labute approximate surface area is 138 Å². The third kappa shape index (κ3) is 4.02. The molecule has 0 aromatic heterocycles. The van der Waals surface area contributed by atoms with Gasteiger partial charge in [-0.1, -0.05) is 31.0 Å². The van der Waals surface area contributed by atoms with Crippen molar-refractivity contribution in [2.45, 2.75) is 43.9 Å². The fourth-order valence-electron chi connectivity index (χ4n) is 3.05. The van der Waals surface area contributed by atoms with Crippen LogP contribution in [0.25, 0.3) is 0 Å². The molecule has 1 aromatic rings. The number of piperidine rings is 1. The largest absolute Gasteiger partial charge is 0.330 e. The van der Waals surface area contributed by atoms with Gasteiger partial charge in [0, 0.05) is 13.1 Å². The fraction of sp³-hybridized carbons (Fsp3) is 0.625. The van der Waals surface area contributed by atoms with E-state index < -0.39 is 10.0 Å². The predicted octanol–water partition coefficient (Wildman–Crippen LogP) is 3.04. The Morgan fingerprint density at radius 2 is 2.18 bits per heavy atom. The third-order valence-electron chi connectivity index (χ3n) is 4.21. The molecule has 1 atom stereocenters. The number of hydrogen-bond donors (Lipinski definition) is 1. The minimum Gasteiger partial charge on any atom is -0.330 e. The van der Waals surface area contributed by atoms with Gasteiger partial charge in [0.2, 0.25) is 10.0 Å². The van der Waals surface area contributed by atoms with Crippen LogP contribution >= 0.6 is 11.6 Å². The third-order valence-corrected chi connectivity index (χ3v) is 6.56. The smallest absolute Gasteiger partial charge is 0.244 e. The van der Waals surface area contributed by atoms with Crippen LogP contribution < -0.4 is 5.73 Å². The van der Waals surface area contributed by atoms with Crippen LogP contribution in [0.15, 0.2) is 23.1 Å². The quantitative estimate of drug-likeness (QED) is 0.862. The maximum atomic E-state index is 12.9. The zero-order valence-electron chi connectivity index (χ0n) is 13.1. The highest BCUT2D eigenvalue weighted by Gasteiger charge is 2.31. The number of halogens is 1. The molecule has 0 radical (unpaired) electrons. The summed E-state index contributed by atoms with van der Waals surface area (Å²) in [6.45, 7) is 3.79. The summed E-state index contributed by atoms with van der Waals surface area (Å²) in [6.07, 6.45) is 4.64. The van der Waals surface area contributed by atoms with Crippen LogP contribution in [0.2, 0.25) is 5.02 Å². The van der Waals surface area contributed by atoms with Crippen LogP contribution in [-0.2, 0) is 16.4 Å². The average molecular weight is 345 g/mol. The highest BCUT2D eigenvalue weighted by atomic mass is 35.5. The molecule has 1 saturated heterocycles. The molecule has 2 rings (SSSR count). The molecule has 1 aliphatic heterocycles. The molecule has 0 amide bonds. The normalized spacial score (nSPS) is 20.2. The van der Waals surface area contributed by atoms with E-state index >= 15 is 0 Å². The summed E-state index contributed by atoms with van der Waals surface area (Å²) in [4.78, 5) is 0.244. The molecule has 1 aromatic carbocycles. The van der Waals surface area contributed by atoms with Crippen LogP contribution in [0.3, 0.4) is 0 Å². The van der Waals surface area contributed by atoms with Crippen molar-refractivity contribution in [2.24, 2.45) is 11.7 Å². The lowest BCUT2D eigenvalue weighted by Gasteiger charge is -2.32. The van der Waals surface area contributed by atoms with Crippen molar-refractivity contribution in [1.82, 2.24) is 4.31 Å². The first-order valence-corrected chi connectivity index (χ1v) is 9.79.